The van der Waals surface area contributed by atoms with E-state index in [0.29, 0.717) is 25.9 Å². The summed E-state index contributed by atoms with van der Waals surface area (Å²) in [5.41, 5.74) is 14.6. The third kappa shape index (κ3) is 9.72. The summed E-state index contributed by atoms with van der Waals surface area (Å²) in [7, 11) is 0. The fraction of sp³-hybridized carbons (Fsp3) is 0.556. The minimum absolute atomic E-state index is 0.0605. The highest BCUT2D eigenvalue weighted by molar-refractivity contribution is 5.91. The van der Waals surface area contributed by atoms with Gasteiger partial charge in [-0.2, -0.15) is 0 Å². The van der Waals surface area contributed by atoms with Crippen molar-refractivity contribution in [2.24, 2.45) is 11.5 Å². The highest BCUT2D eigenvalue weighted by Gasteiger charge is 2.27. The minimum Gasteiger partial charge on any atom is -0.443 e. The summed E-state index contributed by atoms with van der Waals surface area (Å²) in [5, 5.41) is 20.7. The van der Waals surface area contributed by atoms with E-state index in [1.807, 2.05) is 24.3 Å². The molecule has 0 aliphatic rings. The van der Waals surface area contributed by atoms with E-state index in [1.54, 1.807) is 26.2 Å². The van der Waals surface area contributed by atoms with Gasteiger partial charge in [0.05, 0.1) is 0 Å². The molecule has 29 heavy (non-hydrogen) atoms. The molecule has 1 rings (SSSR count). The standard InChI is InChI=1S/C18H31N7O4/c1-18(2,3)29-17(26)24(16(21)23-25(27)28)9-5-7-14(20)12-22-15-8-4-6-13(10-15)11-19/h4,6,8,10,14,22H,5,7,9,11-12,19-20H2,1-3H3,(H2,21,23)/t14-/m0/s1. The van der Waals surface area contributed by atoms with Crippen molar-refractivity contribution in [3.05, 3.63) is 39.9 Å². The van der Waals surface area contributed by atoms with Crippen molar-refractivity contribution in [2.45, 2.75) is 51.8 Å². The molecular formula is C18H31N7O4. The van der Waals surface area contributed by atoms with Gasteiger partial charge in [-0.15, -0.1) is 0 Å². The predicted octanol–water partition coefficient (Wildman–Crippen LogP) is 1.62. The fourth-order valence-corrected chi connectivity index (χ4v) is 2.43. The smallest absolute Gasteiger partial charge is 0.417 e. The van der Waals surface area contributed by atoms with Crippen molar-refractivity contribution in [1.29, 1.82) is 5.41 Å². The lowest BCUT2D eigenvalue weighted by molar-refractivity contribution is -0.526. The number of guanidine groups is 1. The Morgan fingerprint density at radius 2 is 2.10 bits per heavy atom. The number of nitrogens with zero attached hydrogens (tertiary/aromatic N) is 2. The van der Waals surface area contributed by atoms with Gasteiger partial charge >= 0.3 is 6.09 Å². The van der Waals surface area contributed by atoms with Crippen LogP contribution in [0.15, 0.2) is 24.3 Å². The number of rotatable bonds is 9. The van der Waals surface area contributed by atoms with Crippen LogP contribution < -0.4 is 22.2 Å². The second kappa shape index (κ2) is 11.2. The van der Waals surface area contributed by atoms with E-state index in [4.69, 9.17) is 21.6 Å². The Morgan fingerprint density at radius 3 is 2.69 bits per heavy atom. The molecule has 0 aliphatic carbocycles. The number of nitrogens with one attached hydrogen (secondary N) is 3. The van der Waals surface area contributed by atoms with E-state index >= 15 is 0 Å². The summed E-state index contributed by atoms with van der Waals surface area (Å²) in [5.74, 6) is -0.658. The van der Waals surface area contributed by atoms with Crippen LogP contribution in [0.5, 0.6) is 0 Å². The minimum atomic E-state index is -0.898. The van der Waals surface area contributed by atoms with Crippen LogP contribution in [0.1, 0.15) is 39.2 Å². The normalized spacial score (nSPS) is 12.0. The lowest BCUT2D eigenvalue weighted by Crippen LogP contribution is -2.48. The first-order valence-electron chi connectivity index (χ1n) is 9.30. The maximum Gasteiger partial charge on any atom is 0.417 e. The van der Waals surface area contributed by atoms with Crippen LogP contribution in [0.4, 0.5) is 10.5 Å². The number of hydrogen-bond acceptors (Lipinski definition) is 8. The number of nitro groups is 1. The number of anilines is 1. The predicted molar refractivity (Wildman–Crippen MR) is 111 cm³/mol. The first-order chi connectivity index (χ1) is 13.5. The second-order valence-electron chi connectivity index (χ2n) is 7.54. The van der Waals surface area contributed by atoms with Gasteiger partial charge in [-0.05, 0) is 51.3 Å². The van der Waals surface area contributed by atoms with Gasteiger partial charge in [-0.1, -0.05) is 17.6 Å². The largest absolute Gasteiger partial charge is 0.443 e. The Kier molecular flexibility index (Phi) is 9.29. The second-order valence-corrected chi connectivity index (χ2v) is 7.54. The molecule has 1 atom stereocenters. The van der Waals surface area contributed by atoms with Crippen molar-refractivity contribution in [3.8, 4) is 0 Å². The van der Waals surface area contributed by atoms with E-state index in [2.05, 4.69) is 5.32 Å². The molecule has 162 valence electrons. The van der Waals surface area contributed by atoms with Gasteiger partial charge in [0.1, 0.15) is 5.60 Å². The number of hydrazine groups is 1. The first-order valence-corrected chi connectivity index (χ1v) is 9.30. The molecule has 1 amide bonds. The number of ether oxygens (including phenoxy) is 1. The molecule has 0 radical (unpaired) electrons. The molecule has 0 saturated carbocycles. The van der Waals surface area contributed by atoms with Crippen LogP contribution in [0.2, 0.25) is 0 Å². The van der Waals surface area contributed by atoms with Gasteiger partial charge in [0.15, 0.2) is 5.03 Å². The van der Waals surface area contributed by atoms with Crippen LogP contribution in [0.3, 0.4) is 0 Å². The van der Waals surface area contributed by atoms with Crippen molar-refractivity contribution < 1.29 is 14.6 Å². The average molecular weight is 409 g/mol. The van der Waals surface area contributed by atoms with Crippen molar-refractivity contribution in [2.75, 3.05) is 18.4 Å². The van der Waals surface area contributed by atoms with Crippen molar-refractivity contribution in [3.63, 3.8) is 0 Å². The lowest BCUT2D eigenvalue weighted by atomic mass is 10.1. The number of hydrogen-bond donors (Lipinski definition) is 5. The van der Waals surface area contributed by atoms with E-state index < -0.39 is 22.7 Å². The molecule has 0 aliphatic heterocycles. The Morgan fingerprint density at radius 1 is 1.41 bits per heavy atom. The Bertz CT molecular complexity index is 706. The number of nitrogens with two attached hydrogens (primary N) is 2. The lowest BCUT2D eigenvalue weighted by Gasteiger charge is -2.26. The van der Waals surface area contributed by atoms with Crippen LogP contribution in [-0.2, 0) is 11.3 Å². The Balaban J connectivity index is 2.55. The van der Waals surface area contributed by atoms with Gasteiger partial charge in [0, 0.05) is 31.4 Å². The van der Waals surface area contributed by atoms with Crippen LogP contribution in [0, 0.1) is 15.5 Å². The van der Waals surface area contributed by atoms with Crippen molar-refractivity contribution >= 4 is 17.7 Å². The van der Waals surface area contributed by atoms with Gasteiger partial charge in [0.25, 0.3) is 5.96 Å². The zero-order valence-corrected chi connectivity index (χ0v) is 17.1. The molecule has 1 aromatic rings. The summed E-state index contributed by atoms with van der Waals surface area (Å²) < 4.78 is 5.22. The third-order valence-corrected chi connectivity index (χ3v) is 3.77. The molecule has 0 bridgehead atoms. The zero-order chi connectivity index (χ0) is 22.0. The number of amides is 1. The molecule has 0 aromatic heterocycles. The SMILES string of the molecule is CC(C)(C)OC(=O)N(CCC[C@H](N)CNc1cccc(CN)c1)C(=N)N[N+](=O)[O-]. The van der Waals surface area contributed by atoms with Crippen LogP contribution >= 0.6 is 0 Å². The molecule has 7 N–H and O–H groups in total. The van der Waals surface area contributed by atoms with Crippen molar-refractivity contribution in [1.82, 2.24) is 10.3 Å². The monoisotopic (exact) mass is 409 g/mol. The summed E-state index contributed by atoms with van der Waals surface area (Å²) >= 11 is 0. The average Bonchev–Trinajstić information content (AvgIpc) is 2.61. The first kappa shape index (κ1) is 24.1. The van der Waals surface area contributed by atoms with Gasteiger partial charge in [0.2, 0.25) is 0 Å². The highest BCUT2D eigenvalue weighted by Crippen LogP contribution is 2.12. The molecule has 0 unspecified atom stereocenters. The molecule has 11 nitrogen and oxygen atoms in total. The summed E-state index contributed by atoms with van der Waals surface area (Å²) in [6, 6.07) is 7.49. The molecule has 0 saturated heterocycles. The van der Waals surface area contributed by atoms with E-state index in [-0.39, 0.29) is 12.6 Å². The maximum absolute atomic E-state index is 12.3. The Hall–Kier alpha value is -2.92. The molecule has 0 heterocycles. The topological polar surface area (TPSA) is 173 Å². The highest BCUT2D eigenvalue weighted by atomic mass is 16.7. The Labute approximate surface area is 170 Å². The van der Waals surface area contributed by atoms with Crippen LogP contribution in [0.25, 0.3) is 0 Å². The van der Waals surface area contributed by atoms with E-state index in [0.717, 1.165) is 16.2 Å². The molecule has 0 spiro atoms. The molecule has 11 heteroatoms. The molecular weight excluding hydrogens is 378 g/mol. The quantitative estimate of drug-likeness (QED) is 0.177. The summed E-state index contributed by atoms with van der Waals surface area (Å²) in [4.78, 5) is 23.8. The van der Waals surface area contributed by atoms with E-state index in [1.165, 1.54) is 0 Å². The van der Waals surface area contributed by atoms with Gasteiger partial charge in [-0.25, -0.2) is 19.8 Å². The van der Waals surface area contributed by atoms with Crippen LogP contribution in [-0.4, -0.2) is 46.7 Å². The van der Waals surface area contributed by atoms with Gasteiger partial charge < -0.3 is 21.5 Å². The van der Waals surface area contributed by atoms with Gasteiger partial charge in [-0.3, -0.25) is 5.41 Å². The number of carbonyl (C=O) groups excluding carboxylic acids is 1. The summed E-state index contributed by atoms with van der Waals surface area (Å²) in [6.45, 7) is 6.04. The third-order valence-electron chi connectivity index (χ3n) is 3.77. The molecule has 0 fully saturated rings. The number of carbonyl (C=O) groups is 1. The maximum atomic E-state index is 12.3. The molecule has 1 aromatic carbocycles. The number of benzene rings is 1. The summed E-state index contributed by atoms with van der Waals surface area (Å²) in [6.07, 6.45) is 0.142. The van der Waals surface area contributed by atoms with E-state index in [9.17, 15) is 14.9 Å². The zero-order valence-electron chi connectivity index (χ0n) is 17.1. The fourth-order valence-electron chi connectivity index (χ4n) is 2.43.